The Morgan fingerprint density at radius 3 is 2.68 bits per heavy atom. The van der Waals surface area contributed by atoms with Gasteiger partial charge in [-0.05, 0) is 54.7 Å². The van der Waals surface area contributed by atoms with Crippen molar-refractivity contribution in [3.63, 3.8) is 0 Å². The predicted molar refractivity (Wildman–Crippen MR) is 109 cm³/mol. The van der Waals surface area contributed by atoms with Crippen LogP contribution in [-0.4, -0.2) is 43.6 Å². The van der Waals surface area contributed by atoms with Gasteiger partial charge in [0, 0.05) is 12.6 Å². The van der Waals surface area contributed by atoms with E-state index in [1.54, 1.807) is 36.0 Å². The molecule has 1 aromatic carbocycles. The molecule has 0 aliphatic carbocycles. The maximum absolute atomic E-state index is 12.5. The second-order valence-electron chi connectivity index (χ2n) is 6.39. The van der Waals surface area contributed by atoms with E-state index in [-0.39, 0.29) is 17.5 Å². The first-order chi connectivity index (χ1) is 13.6. The average molecular weight is 398 g/mol. The summed E-state index contributed by atoms with van der Waals surface area (Å²) >= 11 is 1.72. The summed E-state index contributed by atoms with van der Waals surface area (Å²) in [4.78, 5) is 23.4. The largest absolute Gasteiger partial charge is 0.478 e. The molecule has 0 radical (unpaired) electrons. The highest BCUT2D eigenvalue weighted by molar-refractivity contribution is 7.98. The fourth-order valence-corrected chi connectivity index (χ4v) is 3.41. The third kappa shape index (κ3) is 4.89. The predicted octanol–water partition coefficient (Wildman–Crippen LogP) is 2.97. The lowest BCUT2D eigenvalue weighted by Gasteiger charge is -2.17. The van der Waals surface area contributed by atoms with Crippen LogP contribution in [0.4, 0.5) is 0 Å². The lowest BCUT2D eigenvalue weighted by Crippen LogP contribution is -2.30. The number of hydrogen-bond donors (Lipinski definition) is 2. The molecule has 0 fully saturated rings. The number of aromatic nitrogens is 3. The number of nitrogens with one attached hydrogen (secondary N) is 1. The van der Waals surface area contributed by atoms with Gasteiger partial charge in [-0.25, -0.2) is 4.79 Å². The standard InChI is InChI=1S/C20H22N4O3S/c1-28-13-11-16(19-23-22-17-4-2-3-12-24(17)19)21-18(25)10-7-14-5-8-15(9-6-14)20(26)27/h2-6,8-9,12,16H,7,10-11,13H2,1H3,(H,21,25)(H,26,27). The molecule has 1 amide bonds. The molecule has 8 heteroatoms. The number of carboxylic acid groups (broad SMARTS) is 1. The first kappa shape index (κ1) is 19.9. The van der Waals surface area contributed by atoms with Gasteiger partial charge < -0.3 is 10.4 Å². The van der Waals surface area contributed by atoms with Gasteiger partial charge >= 0.3 is 5.97 Å². The average Bonchev–Trinajstić information content (AvgIpc) is 3.14. The van der Waals surface area contributed by atoms with E-state index >= 15 is 0 Å². The molecule has 0 bridgehead atoms. The Hall–Kier alpha value is -2.87. The SMILES string of the molecule is CSCCC(NC(=O)CCc1ccc(C(=O)O)cc1)c1nnc2ccccn12. The molecular weight excluding hydrogens is 376 g/mol. The minimum atomic E-state index is -0.957. The molecule has 0 spiro atoms. The number of thioether (sulfide) groups is 1. The molecule has 1 atom stereocenters. The van der Waals surface area contributed by atoms with E-state index in [9.17, 15) is 9.59 Å². The highest BCUT2D eigenvalue weighted by atomic mass is 32.2. The fraction of sp³-hybridized carbons (Fsp3) is 0.300. The molecule has 3 rings (SSSR count). The van der Waals surface area contributed by atoms with Crippen LogP contribution in [0.25, 0.3) is 5.65 Å². The summed E-state index contributed by atoms with van der Waals surface area (Å²) < 4.78 is 1.90. The summed E-state index contributed by atoms with van der Waals surface area (Å²) in [5.41, 5.74) is 1.91. The molecule has 3 aromatic rings. The second-order valence-corrected chi connectivity index (χ2v) is 7.38. The normalized spacial score (nSPS) is 12.0. The monoisotopic (exact) mass is 398 g/mol. The number of nitrogens with zero attached hydrogens (tertiary/aromatic N) is 3. The van der Waals surface area contributed by atoms with Crippen LogP contribution in [0, 0.1) is 0 Å². The van der Waals surface area contributed by atoms with E-state index in [2.05, 4.69) is 15.5 Å². The Kier molecular flexibility index (Phi) is 6.65. The van der Waals surface area contributed by atoms with Gasteiger partial charge in [-0.2, -0.15) is 11.8 Å². The van der Waals surface area contributed by atoms with Crippen molar-refractivity contribution < 1.29 is 14.7 Å². The minimum Gasteiger partial charge on any atom is -0.478 e. The molecule has 146 valence electrons. The minimum absolute atomic E-state index is 0.0684. The van der Waals surface area contributed by atoms with Crippen LogP contribution >= 0.6 is 11.8 Å². The van der Waals surface area contributed by atoms with Gasteiger partial charge in [0.05, 0.1) is 11.6 Å². The van der Waals surface area contributed by atoms with Crippen LogP contribution in [0.2, 0.25) is 0 Å². The Bertz CT molecular complexity index is 955. The first-order valence-corrected chi connectivity index (χ1v) is 10.4. The first-order valence-electron chi connectivity index (χ1n) is 8.98. The lowest BCUT2D eigenvalue weighted by molar-refractivity contribution is -0.121. The van der Waals surface area contributed by atoms with Crippen LogP contribution in [0.5, 0.6) is 0 Å². The third-order valence-electron chi connectivity index (χ3n) is 4.44. The molecule has 0 aliphatic rings. The quantitative estimate of drug-likeness (QED) is 0.575. The van der Waals surface area contributed by atoms with Crippen molar-refractivity contribution in [1.29, 1.82) is 0 Å². The molecule has 0 saturated carbocycles. The fourth-order valence-electron chi connectivity index (χ4n) is 2.94. The smallest absolute Gasteiger partial charge is 0.335 e. The molecule has 1 unspecified atom stereocenters. The van der Waals surface area contributed by atoms with Crippen molar-refractivity contribution >= 4 is 29.3 Å². The zero-order valence-electron chi connectivity index (χ0n) is 15.5. The van der Waals surface area contributed by atoms with Gasteiger partial charge in [-0.1, -0.05) is 18.2 Å². The Labute approximate surface area is 167 Å². The number of carboxylic acids is 1. The van der Waals surface area contributed by atoms with Gasteiger partial charge in [0.1, 0.15) is 0 Å². The maximum atomic E-state index is 12.5. The molecular formula is C20H22N4O3S. The van der Waals surface area contributed by atoms with Crippen molar-refractivity contribution in [1.82, 2.24) is 19.9 Å². The summed E-state index contributed by atoms with van der Waals surface area (Å²) in [5, 5.41) is 20.5. The van der Waals surface area contributed by atoms with Crippen molar-refractivity contribution in [3.05, 3.63) is 65.6 Å². The number of carbonyl (C=O) groups is 2. The highest BCUT2D eigenvalue weighted by Gasteiger charge is 2.20. The molecule has 2 heterocycles. The molecule has 28 heavy (non-hydrogen) atoms. The van der Waals surface area contributed by atoms with E-state index in [0.29, 0.717) is 12.8 Å². The summed E-state index contributed by atoms with van der Waals surface area (Å²) in [7, 11) is 0. The Balaban J connectivity index is 1.65. The number of aromatic carboxylic acids is 1. The molecule has 0 saturated heterocycles. The number of amides is 1. The lowest BCUT2D eigenvalue weighted by atomic mass is 10.1. The number of benzene rings is 1. The van der Waals surface area contributed by atoms with Crippen LogP contribution in [0.15, 0.2) is 48.7 Å². The third-order valence-corrected chi connectivity index (χ3v) is 5.08. The van der Waals surface area contributed by atoms with Gasteiger partial charge in [0.2, 0.25) is 5.91 Å². The summed E-state index contributed by atoms with van der Waals surface area (Å²) in [6.45, 7) is 0. The molecule has 0 aliphatic heterocycles. The number of hydrogen-bond acceptors (Lipinski definition) is 5. The van der Waals surface area contributed by atoms with Gasteiger partial charge in [-0.15, -0.1) is 10.2 Å². The summed E-state index contributed by atoms with van der Waals surface area (Å²) in [5.74, 6) is 0.593. The van der Waals surface area contributed by atoms with Crippen molar-refractivity contribution in [2.75, 3.05) is 12.0 Å². The van der Waals surface area contributed by atoms with E-state index in [4.69, 9.17) is 5.11 Å². The second kappa shape index (κ2) is 9.36. The highest BCUT2D eigenvalue weighted by Crippen LogP contribution is 2.18. The van der Waals surface area contributed by atoms with Gasteiger partial charge in [0.15, 0.2) is 11.5 Å². The number of fused-ring (bicyclic) bond motifs is 1. The van der Waals surface area contributed by atoms with E-state index in [0.717, 1.165) is 29.2 Å². The van der Waals surface area contributed by atoms with Crippen molar-refractivity contribution in [3.8, 4) is 0 Å². The van der Waals surface area contributed by atoms with Crippen LogP contribution < -0.4 is 5.32 Å². The summed E-state index contributed by atoms with van der Waals surface area (Å²) in [6.07, 6.45) is 5.55. The molecule has 7 nitrogen and oxygen atoms in total. The number of aryl methyl sites for hydroxylation is 1. The zero-order chi connectivity index (χ0) is 19.9. The topological polar surface area (TPSA) is 96.6 Å². The summed E-state index contributed by atoms with van der Waals surface area (Å²) in [6, 6.07) is 12.1. The van der Waals surface area contributed by atoms with Crippen molar-refractivity contribution in [2.24, 2.45) is 0 Å². The van der Waals surface area contributed by atoms with E-state index < -0.39 is 5.97 Å². The number of carbonyl (C=O) groups excluding carboxylic acids is 1. The zero-order valence-corrected chi connectivity index (χ0v) is 16.4. The van der Waals surface area contributed by atoms with E-state index in [1.165, 1.54) is 0 Å². The number of pyridine rings is 1. The molecule has 2 aromatic heterocycles. The Morgan fingerprint density at radius 2 is 1.96 bits per heavy atom. The van der Waals surface area contributed by atoms with Gasteiger partial charge in [0.25, 0.3) is 0 Å². The van der Waals surface area contributed by atoms with Crippen LogP contribution in [0.1, 0.15) is 40.6 Å². The maximum Gasteiger partial charge on any atom is 0.335 e. The van der Waals surface area contributed by atoms with Gasteiger partial charge in [-0.3, -0.25) is 9.20 Å². The Morgan fingerprint density at radius 1 is 1.18 bits per heavy atom. The van der Waals surface area contributed by atoms with Crippen LogP contribution in [0.3, 0.4) is 0 Å². The number of rotatable bonds is 9. The van der Waals surface area contributed by atoms with E-state index in [1.807, 2.05) is 35.1 Å². The molecule has 2 N–H and O–H groups in total. The van der Waals surface area contributed by atoms with Crippen LogP contribution in [-0.2, 0) is 11.2 Å². The van der Waals surface area contributed by atoms with Crippen molar-refractivity contribution in [2.45, 2.75) is 25.3 Å².